The van der Waals surface area contributed by atoms with Crippen molar-refractivity contribution >= 4 is 16.9 Å². The van der Waals surface area contributed by atoms with Gasteiger partial charge in [0.1, 0.15) is 11.9 Å². The van der Waals surface area contributed by atoms with Crippen molar-refractivity contribution in [2.45, 2.75) is 31.7 Å². The van der Waals surface area contributed by atoms with Gasteiger partial charge in [-0.25, -0.2) is 4.39 Å². The summed E-state index contributed by atoms with van der Waals surface area (Å²) < 4.78 is 13.3. The maximum absolute atomic E-state index is 13.3. The van der Waals surface area contributed by atoms with Gasteiger partial charge in [-0.3, -0.25) is 4.79 Å². The molecule has 1 aromatic heterocycles. The van der Waals surface area contributed by atoms with Gasteiger partial charge in [-0.1, -0.05) is 13.3 Å². The predicted octanol–water partition coefficient (Wildman–Crippen LogP) is 2.60. The van der Waals surface area contributed by atoms with E-state index in [2.05, 4.69) is 4.98 Å². The number of nitrogens with two attached hydrogens (primary N) is 1. The number of fused-ring (bicyclic) bond motifs is 1. The fourth-order valence-corrected chi connectivity index (χ4v) is 2.43. The molecular formula is C14H17FN2O2. The average Bonchev–Trinajstić information content (AvgIpc) is 2.77. The predicted molar refractivity (Wildman–Crippen MR) is 71.5 cm³/mol. The van der Waals surface area contributed by atoms with Gasteiger partial charge in [0.2, 0.25) is 0 Å². The molecule has 0 spiro atoms. The van der Waals surface area contributed by atoms with Crippen LogP contribution in [0.15, 0.2) is 24.4 Å². The molecule has 0 aliphatic carbocycles. The summed E-state index contributed by atoms with van der Waals surface area (Å²) in [6.07, 6.45) is 3.19. The van der Waals surface area contributed by atoms with Crippen LogP contribution in [-0.4, -0.2) is 22.1 Å². The van der Waals surface area contributed by atoms with Crippen molar-refractivity contribution in [3.05, 3.63) is 35.8 Å². The smallest absolute Gasteiger partial charge is 0.321 e. The fraction of sp³-hybridized carbons (Fsp3) is 0.357. The number of rotatable bonds is 5. The Morgan fingerprint density at radius 1 is 1.53 bits per heavy atom. The molecule has 0 fully saturated rings. The van der Waals surface area contributed by atoms with Crippen molar-refractivity contribution in [3.8, 4) is 0 Å². The van der Waals surface area contributed by atoms with Gasteiger partial charge in [0.05, 0.1) is 0 Å². The number of benzene rings is 1. The van der Waals surface area contributed by atoms with E-state index in [-0.39, 0.29) is 11.7 Å². The summed E-state index contributed by atoms with van der Waals surface area (Å²) >= 11 is 0. The zero-order valence-corrected chi connectivity index (χ0v) is 10.7. The number of aromatic nitrogens is 1. The Morgan fingerprint density at radius 2 is 2.26 bits per heavy atom. The van der Waals surface area contributed by atoms with E-state index in [9.17, 15) is 9.18 Å². The molecule has 0 amide bonds. The van der Waals surface area contributed by atoms with Gasteiger partial charge in [0, 0.05) is 23.0 Å². The summed E-state index contributed by atoms with van der Waals surface area (Å²) in [7, 11) is 0. The van der Waals surface area contributed by atoms with Crippen molar-refractivity contribution in [3.63, 3.8) is 0 Å². The lowest BCUT2D eigenvalue weighted by atomic mass is 9.88. The van der Waals surface area contributed by atoms with E-state index in [1.54, 1.807) is 12.3 Å². The van der Waals surface area contributed by atoms with E-state index in [1.807, 2.05) is 6.92 Å². The first-order valence-corrected chi connectivity index (χ1v) is 6.29. The molecular weight excluding hydrogens is 247 g/mol. The third kappa shape index (κ3) is 2.61. The molecule has 2 atom stereocenters. The Balaban J connectivity index is 2.49. The van der Waals surface area contributed by atoms with Gasteiger partial charge in [0.25, 0.3) is 0 Å². The second kappa shape index (κ2) is 5.40. The highest BCUT2D eigenvalue weighted by Gasteiger charge is 2.27. The number of nitrogens with one attached hydrogen (secondary N) is 1. The molecule has 0 radical (unpaired) electrons. The molecule has 19 heavy (non-hydrogen) atoms. The van der Waals surface area contributed by atoms with E-state index >= 15 is 0 Å². The molecule has 1 heterocycles. The molecule has 1 unspecified atom stereocenters. The lowest BCUT2D eigenvalue weighted by Crippen LogP contribution is -2.36. The normalized spacial score (nSPS) is 14.5. The first-order valence-electron chi connectivity index (χ1n) is 6.29. The van der Waals surface area contributed by atoms with Gasteiger partial charge in [0.15, 0.2) is 0 Å². The molecule has 0 bridgehead atoms. The monoisotopic (exact) mass is 264 g/mol. The largest absolute Gasteiger partial charge is 0.480 e. The minimum absolute atomic E-state index is 0.321. The van der Waals surface area contributed by atoms with E-state index in [1.165, 1.54) is 12.1 Å². The Kier molecular flexibility index (Phi) is 3.85. The number of hydrogen-bond donors (Lipinski definition) is 3. The number of halogens is 1. The van der Waals surface area contributed by atoms with Crippen molar-refractivity contribution in [1.82, 2.24) is 4.98 Å². The van der Waals surface area contributed by atoms with Crippen LogP contribution in [-0.2, 0) is 4.79 Å². The maximum Gasteiger partial charge on any atom is 0.321 e. The quantitative estimate of drug-likeness (QED) is 0.776. The van der Waals surface area contributed by atoms with Crippen molar-refractivity contribution < 1.29 is 14.3 Å². The number of H-pyrrole nitrogens is 1. The van der Waals surface area contributed by atoms with Crippen LogP contribution in [0, 0.1) is 5.82 Å². The highest BCUT2D eigenvalue weighted by Crippen LogP contribution is 2.31. The highest BCUT2D eigenvalue weighted by molar-refractivity contribution is 5.85. The summed E-state index contributed by atoms with van der Waals surface area (Å²) in [6, 6.07) is 3.44. The van der Waals surface area contributed by atoms with Crippen LogP contribution in [0.2, 0.25) is 0 Å². The van der Waals surface area contributed by atoms with Crippen molar-refractivity contribution in [2.75, 3.05) is 0 Å². The number of carbonyl (C=O) groups is 1. The minimum Gasteiger partial charge on any atom is -0.480 e. The molecule has 102 valence electrons. The van der Waals surface area contributed by atoms with Crippen molar-refractivity contribution in [1.29, 1.82) is 0 Å². The van der Waals surface area contributed by atoms with E-state index in [0.29, 0.717) is 11.8 Å². The molecule has 0 aliphatic heterocycles. The molecule has 4 N–H and O–H groups in total. The molecule has 1 aromatic carbocycles. The van der Waals surface area contributed by atoms with Gasteiger partial charge in [-0.15, -0.1) is 0 Å². The molecule has 0 saturated carbocycles. The van der Waals surface area contributed by atoms with Gasteiger partial charge >= 0.3 is 5.97 Å². The van der Waals surface area contributed by atoms with E-state index in [4.69, 9.17) is 10.8 Å². The zero-order valence-electron chi connectivity index (χ0n) is 10.7. The lowest BCUT2D eigenvalue weighted by Gasteiger charge is -2.19. The number of hydrogen-bond acceptors (Lipinski definition) is 2. The van der Waals surface area contributed by atoms with Gasteiger partial charge < -0.3 is 15.8 Å². The first-order chi connectivity index (χ1) is 9.04. The van der Waals surface area contributed by atoms with Crippen LogP contribution in [0.4, 0.5) is 4.39 Å². The van der Waals surface area contributed by atoms with Crippen LogP contribution in [0.5, 0.6) is 0 Å². The van der Waals surface area contributed by atoms with Crippen LogP contribution in [0.1, 0.15) is 31.2 Å². The second-order valence-electron chi connectivity index (χ2n) is 4.69. The SMILES string of the molecule is CCCC(c1c[nH]c2ccc(F)cc12)[C@H](N)C(=O)O. The number of carboxylic acids is 1. The second-order valence-corrected chi connectivity index (χ2v) is 4.69. The highest BCUT2D eigenvalue weighted by atomic mass is 19.1. The summed E-state index contributed by atoms with van der Waals surface area (Å²) in [5.74, 6) is -1.70. The molecule has 5 heteroatoms. The van der Waals surface area contributed by atoms with Gasteiger partial charge in [-0.05, 0) is 30.2 Å². The average molecular weight is 264 g/mol. The number of carboxylic acid groups (broad SMARTS) is 1. The topological polar surface area (TPSA) is 79.1 Å². The standard InChI is InChI=1S/C14H17FN2O2/c1-2-3-9(13(16)14(18)19)11-7-17-12-5-4-8(15)6-10(11)12/h4-7,9,13,17H,2-3,16H2,1H3,(H,18,19)/t9?,13-/m0/s1. The number of aliphatic carboxylic acids is 1. The maximum atomic E-state index is 13.3. The molecule has 4 nitrogen and oxygen atoms in total. The third-order valence-electron chi connectivity index (χ3n) is 3.39. The zero-order chi connectivity index (χ0) is 14.0. The first kappa shape index (κ1) is 13.5. The lowest BCUT2D eigenvalue weighted by molar-refractivity contribution is -0.139. The summed E-state index contributed by atoms with van der Waals surface area (Å²) in [6.45, 7) is 1.97. The molecule has 0 aliphatic rings. The van der Waals surface area contributed by atoms with Crippen LogP contribution in [0.3, 0.4) is 0 Å². The minimum atomic E-state index is -1.04. The van der Waals surface area contributed by atoms with Crippen LogP contribution in [0.25, 0.3) is 10.9 Å². The fourth-order valence-electron chi connectivity index (χ4n) is 2.43. The Labute approximate surface area is 110 Å². The third-order valence-corrected chi connectivity index (χ3v) is 3.39. The summed E-state index contributed by atoms with van der Waals surface area (Å²) in [4.78, 5) is 14.1. The molecule has 2 rings (SSSR count). The van der Waals surface area contributed by atoms with Crippen LogP contribution >= 0.6 is 0 Å². The van der Waals surface area contributed by atoms with Gasteiger partial charge in [-0.2, -0.15) is 0 Å². The van der Waals surface area contributed by atoms with E-state index in [0.717, 1.165) is 17.5 Å². The molecule has 2 aromatic rings. The van der Waals surface area contributed by atoms with E-state index < -0.39 is 12.0 Å². The summed E-state index contributed by atoms with van der Waals surface area (Å²) in [5.41, 5.74) is 7.32. The Morgan fingerprint density at radius 3 is 2.89 bits per heavy atom. The Bertz CT molecular complexity index is 594. The van der Waals surface area contributed by atoms with Crippen LogP contribution < -0.4 is 5.73 Å². The summed E-state index contributed by atoms with van der Waals surface area (Å²) in [5, 5.41) is 9.80. The number of aromatic amines is 1. The molecule has 0 saturated heterocycles. The van der Waals surface area contributed by atoms with Crippen molar-refractivity contribution in [2.24, 2.45) is 5.73 Å². The Hall–Kier alpha value is -1.88.